The molecule has 0 aliphatic rings. The van der Waals surface area contributed by atoms with Crippen LogP contribution in [0.5, 0.6) is 0 Å². The Kier molecular flexibility index (Phi) is 5.75. The van der Waals surface area contributed by atoms with E-state index in [1.54, 1.807) is 12.1 Å². The predicted octanol–water partition coefficient (Wildman–Crippen LogP) is 1.41. The van der Waals surface area contributed by atoms with Crippen molar-refractivity contribution in [3.8, 4) is 0 Å². The first-order valence-electron chi connectivity index (χ1n) is 6.23. The van der Waals surface area contributed by atoms with Crippen LogP contribution in [0.25, 0.3) is 0 Å². The smallest absolute Gasteiger partial charge is 0.149 e. The maximum atomic E-state index is 13.3. The van der Waals surface area contributed by atoms with E-state index in [0.29, 0.717) is 18.8 Å². The standard InChI is InChI=1S/C13H21FN2O2S/c1-11(10-19(2,17)18)16(8-4-7-15)13-6-3-5-12(14)9-13/h3,5-6,9,11H,4,7-8,10,15H2,1-2H3/t11-/m1/s1. The van der Waals surface area contributed by atoms with Gasteiger partial charge in [0.15, 0.2) is 0 Å². The Labute approximate surface area is 114 Å². The molecule has 0 saturated heterocycles. The third-order valence-electron chi connectivity index (χ3n) is 2.82. The molecule has 1 rings (SSSR count). The minimum absolute atomic E-state index is 0.0358. The second-order valence-electron chi connectivity index (χ2n) is 4.76. The number of anilines is 1. The van der Waals surface area contributed by atoms with E-state index < -0.39 is 9.84 Å². The molecule has 0 heterocycles. The highest BCUT2D eigenvalue weighted by Gasteiger charge is 2.19. The second-order valence-corrected chi connectivity index (χ2v) is 6.94. The van der Waals surface area contributed by atoms with Crippen molar-refractivity contribution in [1.29, 1.82) is 0 Å². The summed E-state index contributed by atoms with van der Waals surface area (Å²) in [6.07, 6.45) is 1.93. The van der Waals surface area contributed by atoms with Crippen molar-refractivity contribution >= 4 is 15.5 Å². The van der Waals surface area contributed by atoms with Crippen LogP contribution in [0.2, 0.25) is 0 Å². The Morgan fingerprint density at radius 3 is 2.63 bits per heavy atom. The molecule has 0 saturated carbocycles. The van der Waals surface area contributed by atoms with E-state index in [2.05, 4.69) is 0 Å². The van der Waals surface area contributed by atoms with Crippen LogP contribution in [0.15, 0.2) is 24.3 Å². The van der Waals surface area contributed by atoms with Gasteiger partial charge in [0.1, 0.15) is 15.7 Å². The molecule has 1 atom stereocenters. The SMILES string of the molecule is C[C@H](CS(C)(=O)=O)N(CCCN)c1cccc(F)c1. The van der Waals surface area contributed by atoms with E-state index in [0.717, 1.165) is 6.42 Å². The van der Waals surface area contributed by atoms with Crippen molar-refractivity contribution in [1.82, 2.24) is 0 Å². The molecule has 1 aromatic carbocycles. The van der Waals surface area contributed by atoms with E-state index in [1.807, 2.05) is 11.8 Å². The second kappa shape index (κ2) is 6.86. The number of halogens is 1. The lowest BCUT2D eigenvalue weighted by molar-refractivity contribution is 0.585. The zero-order valence-corrected chi connectivity index (χ0v) is 12.2. The topological polar surface area (TPSA) is 63.4 Å². The van der Waals surface area contributed by atoms with Gasteiger partial charge in [-0.05, 0) is 38.1 Å². The molecular weight excluding hydrogens is 267 g/mol. The summed E-state index contributed by atoms with van der Waals surface area (Å²) in [6.45, 7) is 2.94. The van der Waals surface area contributed by atoms with Crippen molar-refractivity contribution < 1.29 is 12.8 Å². The first kappa shape index (κ1) is 15.9. The summed E-state index contributed by atoms with van der Waals surface area (Å²) in [4.78, 5) is 1.89. The Hall–Kier alpha value is -1.14. The lowest BCUT2D eigenvalue weighted by Crippen LogP contribution is -2.39. The van der Waals surface area contributed by atoms with Gasteiger partial charge in [0.05, 0.1) is 5.75 Å². The van der Waals surface area contributed by atoms with Gasteiger partial charge in [-0.1, -0.05) is 6.07 Å². The number of benzene rings is 1. The summed E-state index contributed by atoms with van der Waals surface area (Å²) >= 11 is 0. The van der Waals surface area contributed by atoms with Gasteiger partial charge in [-0.3, -0.25) is 0 Å². The molecular formula is C13H21FN2O2S. The van der Waals surface area contributed by atoms with E-state index in [-0.39, 0.29) is 17.6 Å². The Morgan fingerprint density at radius 1 is 1.42 bits per heavy atom. The first-order chi connectivity index (χ1) is 8.83. The van der Waals surface area contributed by atoms with Crippen LogP contribution in [0.3, 0.4) is 0 Å². The van der Waals surface area contributed by atoms with Crippen molar-refractivity contribution in [3.63, 3.8) is 0 Å². The summed E-state index contributed by atoms with van der Waals surface area (Å²) in [7, 11) is -3.08. The average molecular weight is 288 g/mol. The summed E-state index contributed by atoms with van der Waals surface area (Å²) in [5.41, 5.74) is 6.18. The number of hydrogen-bond acceptors (Lipinski definition) is 4. The lowest BCUT2D eigenvalue weighted by Gasteiger charge is -2.31. The van der Waals surface area contributed by atoms with Crippen LogP contribution in [0.1, 0.15) is 13.3 Å². The maximum Gasteiger partial charge on any atom is 0.149 e. The zero-order valence-electron chi connectivity index (χ0n) is 11.3. The molecule has 0 spiro atoms. The van der Waals surface area contributed by atoms with Gasteiger partial charge in [0.2, 0.25) is 0 Å². The monoisotopic (exact) mass is 288 g/mol. The minimum atomic E-state index is -3.08. The summed E-state index contributed by atoms with van der Waals surface area (Å²) in [5.74, 6) is -0.296. The summed E-state index contributed by atoms with van der Waals surface area (Å²) in [5, 5.41) is 0. The van der Waals surface area contributed by atoms with Crippen molar-refractivity contribution in [2.75, 3.05) is 30.0 Å². The van der Waals surface area contributed by atoms with Gasteiger partial charge in [-0.15, -0.1) is 0 Å². The molecule has 0 aliphatic carbocycles. The molecule has 19 heavy (non-hydrogen) atoms. The number of nitrogens with two attached hydrogens (primary N) is 1. The Morgan fingerprint density at radius 2 is 2.11 bits per heavy atom. The van der Waals surface area contributed by atoms with Crippen molar-refractivity contribution in [2.24, 2.45) is 5.73 Å². The summed E-state index contributed by atoms with van der Waals surface area (Å²) < 4.78 is 36.1. The van der Waals surface area contributed by atoms with E-state index in [9.17, 15) is 12.8 Å². The zero-order chi connectivity index (χ0) is 14.5. The predicted molar refractivity (Wildman–Crippen MR) is 76.6 cm³/mol. The van der Waals surface area contributed by atoms with Crippen LogP contribution in [0, 0.1) is 5.82 Å². The third kappa shape index (κ3) is 5.57. The van der Waals surface area contributed by atoms with Crippen LogP contribution in [-0.2, 0) is 9.84 Å². The van der Waals surface area contributed by atoms with Gasteiger partial charge < -0.3 is 10.6 Å². The van der Waals surface area contributed by atoms with Gasteiger partial charge in [0, 0.05) is 24.5 Å². The fourth-order valence-electron chi connectivity index (χ4n) is 2.05. The van der Waals surface area contributed by atoms with Crippen LogP contribution in [-0.4, -0.2) is 39.6 Å². The Balaban J connectivity index is 2.93. The number of hydrogen-bond donors (Lipinski definition) is 1. The van der Waals surface area contributed by atoms with Crippen LogP contribution < -0.4 is 10.6 Å². The molecule has 2 N–H and O–H groups in total. The van der Waals surface area contributed by atoms with Crippen molar-refractivity contribution in [2.45, 2.75) is 19.4 Å². The normalized spacial score (nSPS) is 13.3. The van der Waals surface area contributed by atoms with E-state index in [4.69, 9.17) is 5.73 Å². The molecule has 108 valence electrons. The molecule has 6 heteroatoms. The molecule has 0 aromatic heterocycles. The molecule has 0 fully saturated rings. The van der Waals surface area contributed by atoms with Crippen LogP contribution in [0.4, 0.5) is 10.1 Å². The molecule has 4 nitrogen and oxygen atoms in total. The summed E-state index contributed by atoms with van der Waals surface area (Å²) in [6, 6.07) is 5.95. The highest BCUT2D eigenvalue weighted by molar-refractivity contribution is 7.90. The van der Waals surface area contributed by atoms with Gasteiger partial charge in [-0.25, -0.2) is 12.8 Å². The number of nitrogens with zero attached hydrogens (tertiary/aromatic N) is 1. The van der Waals surface area contributed by atoms with E-state index >= 15 is 0 Å². The highest BCUT2D eigenvalue weighted by atomic mass is 32.2. The Bertz CT molecular complexity index is 505. The number of rotatable bonds is 7. The third-order valence-corrected chi connectivity index (χ3v) is 3.91. The lowest BCUT2D eigenvalue weighted by atomic mass is 10.2. The average Bonchev–Trinajstić information content (AvgIpc) is 2.27. The van der Waals surface area contributed by atoms with Gasteiger partial charge in [-0.2, -0.15) is 0 Å². The highest BCUT2D eigenvalue weighted by Crippen LogP contribution is 2.19. The van der Waals surface area contributed by atoms with Gasteiger partial charge >= 0.3 is 0 Å². The molecule has 1 aromatic rings. The largest absolute Gasteiger partial charge is 0.368 e. The van der Waals surface area contributed by atoms with Crippen molar-refractivity contribution in [3.05, 3.63) is 30.1 Å². The maximum absolute atomic E-state index is 13.3. The quantitative estimate of drug-likeness (QED) is 0.824. The molecule has 0 bridgehead atoms. The molecule has 0 unspecified atom stereocenters. The molecule has 0 aliphatic heterocycles. The van der Waals surface area contributed by atoms with E-state index in [1.165, 1.54) is 18.4 Å². The van der Waals surface area contributed by atoms with Crippen LogP contribution >= 0.6 is 0 Å². The minimum Gasteiger partial charge on any atom is -0.368 e. The van der Waals surface area contributed by atoms with Gasteiger partial charge in [0.25, 0.3) is 0 Å². The fourth-order valence-corrected chi connectivity index (χ4v) is 3.10. The first-order valence-corrected chi connectivity index (χ1v) is 8.29. The fraction of sp³-hybridized carbons (Fsp3) is 0.538. The molecule has 0 amide bonds. The number of sulfone groups is 1. The molecule has 0 radical (unpaired) electrons.